The van der Waals surface area contributed by atoms with Gasteiger partial charge in [0.05, 0.1) is 19.3 Å². The van der Waals surface area contributed by atoms with E-state index in [1.54, 1.807) is 0 Å². The summed E-state index contributed by atoms with van der Waals surface area (Å²) in [7, 11) is 0. The molecule has 4 nitrogen and oxygen atoms in total. The van der Waals surface area contributed by atoms with Gasteiger partial charge in [-0.15, -0.1) is 0 Å². The van der Waals surface area contributed by atoms with E-state index in [1.807, 2.05) is 30.3 Å². The Hall–Kier alpha value is -0.940. The first-order valence-electron chi connectivity index (χ1n) is 5.39. The molecule has 3 atom stereocenters. The molecule has 0 aromatic heterocycles. The zero-order valence-electron chi connectivity index (χ0n) is 8.95. The van der Waals surface area contributed by atoms with Crippen LogP contribution < -0.4 is 0 Å². The Morgan fingerprint density at radius 1 is 1.31 bits per heavy atom. The van der Waals surface area contributed by atoms with Gasteiger partial charge < -0.3 is 19.7 Å². The number of aliphatic hydroxyl groups is 2. The van der Waals surface area contributed by atoms with Gasteiger partial charge in [0.15, 0.2) is 6.29 Å². The number of hydrogen-bond donors (Lipinski definition) is 2. The Kier molecular flexibility index (Phi) is 3.90. The summed E-state index contributed by atoms with van der Waals surface area (Å²) < 4.78 is 10.8. The third-order valence-corrected chi connectivity index (χ3v) is 2.61. The van der Waals surface area contributed by atoms with Gasteiger partial charge >= 0.3 is 0 Å². The molecule has 2 N–H and O–H groups in total. The zero-order valence-corrected chi connectivity index (χ0v) is 8.95. The first-order valence-corrected chi connectivity index (χ1v) is 5.39. The minimum Gasteiger partial charge on any atom is -0.394 e. The van der Waals surface area contributed by atoms with Crippen LogP contribution in [0.15, 0.2) is 30.3 Å². The van der Waals surface area contributed by atoms with Gasteiger partial charge in [0.2, 0.25) is 0 Å². The number of ether oxygens (including phenoxy) is 2. The maximum Gasteiger partial charge on any atom is 0.184 e. The van der Waals surface area contributed by atoms with Crippen LogP contribution in [0, 0.1) is 0 Å². The van der Waals surface area contributed by atoms with Crippen molar-refractivity contribution in [1.82, 2.24) is 0 Å². The maximum absolute atomic E-state index is 9.61. The molecule has 1 aromatic carbocycles. The van der Waals surface area contributed by atoms with Crippen LogP contribution in [-0.4, -0.2) is 35.3 Å². The smallest absolute Gasteiger partial charge is 0.184 e. The second-order valence-electron chi connectivity index (χ2n) is 3.91. The molecular weight excluding hydrogens is 208 g/mol. The van der Waals surface area contributed by atoms with Crippen LogP contribution >= 0.6 is 0 Å². The number of aliphatic hydroxyl groups excluding tert-OH is 2. The van der Waals surface area contributed by atoms with E-state index in [2.05, 4.69) is 0 Å². The summed E-state index contributed by atoms with van der Waals surface area (Å²) in [4.78, 5) is 0. The standard InChI is InChI=1S/C12H16O4/c13-7-10-6-11(14)12(16-10)15-8-9-4-2-1-3-5-9/h1-5,10-14H,6-8H2/t10-,11-,12+/m0/s1. The molecule has 0 bridgehead atoms. The van der Waals surface area contributed by atoms with Crippen LogP contribution in [0.1, 0.15) is 12.0 Å². The summed E-state index contributed by atoms with van der Waals surface area (Å²) in [5, 5.41) is 18.5. The lowest BCUT2D eigenvalue weighted by molar-refractivity contribution is -0.175. The van der Waals surface area contributed by atoms with E-state index in [0.717, 1.165) is 5.56 Å². The van der Waals surface area contributed by atoms with Crippen molar-refractivity contribution in [3.8, 4) is 0 Å². The van der Waals surface area contributed by atoms with Gasteiger partial charge in [0, 0.05) is 6.42 Å². The fourth-order valence-corrected chi connectivity index (χ4v) is 1.74. The van der Waals surface area contributed by atoms with Crippen molar-refractivity contribution >= 4 is 0 Å². The van der Waals surface area contributed by atoms with E-state index < -0.39 is 12.4 Å². The van der Waals surface area contributed by atoms with Crippen molar-refractivity contribution in [2.24, 2.45) is 0 Å². The predicted octanol–water partition coefficient (Wildman–Crippen LogP) is 0.671. The van der Waals surface area contributed by atoms with Crippen molar-refractivity contribution in [3.05, 3.63) is 35.9 Å². The van der Waals surface area contributed by atoms with Crippen LogP contribution in [0.3, 0.4) is 0 Å². The lowest BCUT2D eigenvalue weighted by Gasteiger charge is -2.15. The van der Waals surface area contributed by atoms with Crippen molar-refractivity contribution < 1.29 is 19.7 Å². The van der Waals surface area contributed by atoms with E-state index in [1.165, 1.54) is 0 Å². The van der Waals surface area contributed by atoms with E-state index in [9.17, 15) is 5.11 Å². The van der Waals surface area contributed by atoms with Crippen LogP contribution in [-0.2, 0) is 16.1 Å². The van der Waals surface area contributed by atoms with Gasteiger partial charge in [0.25, 0.3) is 0 Å². The number of benzene rings is 1. The molecule has 1 aliphatic rings. The topological polar surface area (TPSA) is 58.9 Å². The molecule has 1 aromatic rings. The van der Waals surface area contributed by atoms with E-state index in [0.29, 0.717) is 13.0 Å². The average Bonchev–Trinajstić information content (AvgIpc) is 2.69. The van der Waals surface area contributed by atoms with Crippen molar-refractivity contribution in [2.45, 2.75) is 31.5 Å². The Morgan fingerprint density at radius 2 is 2.06 bits per heavy atom. The molecule has 0 aliphatic carbocycles. The third kappa shape index (κ3) is 2.80. The van der Waals surface area contributed by atoms with Gasteiger partial charge in [0.1, 0.15) is 6.10 Å². The lowest BCUT2D eigenvalue weighted by Crippen LogP contribution is -2.24. The van der Waals surface area contributed by atoms with Crippen LogP contribution in [0.2, 0.25) is 0 Å². The summed E-state index contributed by atoms with van der Waals surface area (Å²) in [6.45, 7) is 0.322. The first kappa shape index (κ1) is 11.5. The minimum atomic E-state index is -0.652. The van der Waals surface area contributed by atoms with E-state index in [-0.39, 0.29) is 12.7 Å². The molecule has 1 saturated heterocycles. The Morgan fingerprint density at radius 3 is 2.69 bits per heavy atom. The fraction of sp³-hybridized carbons (Fsp3) is 0.500. The van der Waals surface area contributed by atoms with E-state index in [4.69, 9.17) is 14.6 Å². The van der Waals surface area contributed by atoms with Crippen LogP contribution in [0.5, 0.6) is 0 Å². The summed E-state index contributed by atoms with van der Waals surface area (Å²) >= 11 is 0. The highest BCUT2D eigenvalue weighted by Crippen LogP contribution is 2.21. The van der Waals surface area contributed by atoms with Gasteiger partial charge in [-0.25, -0.2) is 0 Å². The monoisotopic (exact) mass is 224 g/mol. The van der Waals surface area contributed by atoms with Crippen molar-refractivity contribution in [1.29, 1.82) is 0 Å². The molecule has 1 fully saturated rings. The van der Waals surface area contributed by atoms with Gasteiger partial charge in [-0.3, -0.25) is 0 Å². The highest BCUT2D eigenvalue weighted by atomic mass is 16.7. The summed E-state index contributed by atoms with van der Waals surface area (Å²) in [5.41, 5.74) is 1.03. The molecule has 16 heavy (non-hydrogen) atoms. The first-order chi connectivity index (χ1) is 7.79. The molecule has 88 valence electrons. The third-order valence-electron chi connectivity index (χ3n) is 2.61. The Labute approximate surface area is 94.4 Å². The van der Waals surface area contributed by atoms with Crippen molar-refractivity contribution in [2.75, 3.05) is 6.61 Å². The molecule has 2 rings (SSSR count). The number of hydrogen-bond acceptors (Lipinski definition) is 4. The van der Waals surface area contributed by atoms with Crippen LogP contribution in [0.25, 0.3) is 0 Å². The Bertz CT molecular complexity index is 314. The normalized spacial score (nSPS) is 29.5. The maximum atomic E-state index is 9.61. The molecule has 0 radical (unpaired) electrons. The lowest BCUT2D eigenvalue weighted by atomic mass is 10.2. The SMILES string of the molecule is OC[C@@H]1C[C@H](O)[C@H](OCc2ccccc2)O1. The highest BCUT2D eigenvalue weighted by molar-refractivity contribution is 5.13. The molecule has 0 spiro atoms. The summed E-state index contributed by atoms with van der Waals surface area (Å²) in [6, 6.07) is 9.70. The van der Waals surface area contributed by atoms with Gasteiger partial charge in [-0.2, -0.15) is 0 Å². The quantitative estimate of drug-likeness (QED) is 0.789. The fourth-order valence-electron chi connectivity index (χ4n) is 1.74. The second kappa shape index (κ2) is 5.41. The van der Waals surface area contributed by atoms with Crippen LogP contribution in [0.4, 0.5) is 0 Å². The van der Waals surface area contributed by atoms with Gasteiger partial charge in [-0.05, 0) is 5.56 Å². The number of rotatable bonds is 4. The molecule has 0 unspecified atom stereocenters. The summed E-state index contributed by atoms with van der Waals surface area (Å²) in [6.07, 6.45) is -1.16. The van der Waals surface area contributed by atoms with Crippen molar-refractivity contribution in [3.63, 3.8) is 0 Å². The molecule has 4 heteroatoms. The molecule has 0 saturated carbocycles. The average molecular weight is 224 g/mol. The highest BCUT2D eigenvalue weighted by Gasteiger charge is 2.34. The van der Waals surface area contributed by atoms with E-state index >= 15 is 0 Å². The Balaban J connectivity index is 1.82. The predicted molar refractivity (Wildman–Crippen MR) is 57.6 cm³/mol. The summed E-state index contributed by atoms with van der Waals surface area (Å²) in [5.74, 6) is 0. The largest absolute Gasteiger partial charge is 0.394 e. The molecule has 1 heterocycles. The molecular formula is C12H16O4. The molecule has 1 aliphatic heterocycles. The zero-order chi connectivity index (χ0) is 11.4. The van der Waals surface area contributed by atoms with Gasteiger partial charge in [-0.1, -0.05) is 30.3 Å². The second-order valence-corrected chi connectivity index (χ2v) is 3.91. The molecule has 0 amide bonds. The minimum absolute atomic E-state index is 0.0811.